The van der Waals surface area contributed by atoms with E-state index in [-0.39, 0.29) is 17.6 Å². The number of likely N-dealkylation sites (tertiary alicyclic amines) is 1. The number of rotatable bonds is 0. The Morgan fingerprint density at radius 2 is 2.07 bits per heavy atom. The number of hydrogen-bond donors (Lipinski definition) is 1. The Hall–Kier alpha value is -0.610. The molecule has 0 radical (unpaired) electrons. The van der Waals surface area contributed by atoms with Crippen molar-refractivity contribution >= 4 is 5.91 Å². The summed E-state index contributed by atoms with van der Waals surface area (Å²) in [5.74, 6) is 0.275. The number of amides is 1. The molecule has 0 saturated carbocycles. The Labute approximate surface area is 90.6 Å². The molecule has 3 heterocycles. The van der Waals surface area contributed by atoms with Crippen molar-refractivity contribution in [1.82, 2.24) is 15.1 Å². The van der Waals surface area contributed by atoms with Crippen LogP contribution in [-0.2, 0) is 4.79 Å². The van der Waals surface area contributed by atoms with Crippen LogP contribution in [0.5, 0.6) is 0 Å². The van der Waals surface area contributed by atoms with Crippen LogP contribution >= 0.6 is 0 Å². The molecule has 3 fully saturated rings. The minimum Gasteiger partial charge on any atom is -0.336 e. The Morgan fingerprint density at radius 3 is 2.80 bits per heavy atom. The van der Waals surface area contributed by atoms with Gasteiger partial charge in [0.15, 0.2) is 0 Å². The standard InChI is InChI=1S/C11H19N3O/c1-13-7-4-11(5-8-13)12-10(15)9-3-2-6-14(9)11/h9H,2-8H2,1H3,(H,12,15)/t9-/m0/s1. The molecule has 1 amide bonds. The third kappa shape index (κ3) is 1.31. The molecule has 4 heteroatoms. The normalized spacial score (nSPS) is 35.8. The average molecular weight is 209 g/mol. The molecule has 3 rings (SSSR count). The van der Waals surface area contributed by atoms with Gasteiger partial charge >= 0.3 is 0 Å². The van der Waals surface area contributed by atoms with Crippen LogP contribution in [0.25, 0.3) is 0 Å². The largest absolute Gasteiger partial charge is 0.336 e. The fourth-order valence-electron chi connectivity index (χ4n) is 3.34. The predicted octanol–water partition coefficient (Wildman–Crippen LogP) is 0.00250. The lowest BCUT2D eigenvalue weighted by atomic mass is 9.96. The topological polar surface area (TPSA) is 35.6 Å². The van der Waals surface area contributed by atoms with E-state index in [0.29, 0.717) is 0 Å². The maximum absolute atomic E-state index is 11.8. The number of fused-ring (bicyclic) bond motifs is 2. The zero-order chi connectivity index (χ0) is 10.5. The van der Waals surface area contributed by atoms with E-state index >= 15 is 0 Å². The van der Waals surface area contributed by atoms with Crippen LogP contribution in [0.4, 0.5) is 0 Å². The molecule has 1 spiro atoms. The van der Waals surface area contributed by atoms with Crippen LogP contribution in [0.2, 0.25) is 0 Å². The molecule has 3 saturated heterocycles. The van der Waals surface area contributed by atoms with Gasteiger partial charge in [0.2, 0.25) is 5.91 Å². The second kappa shape index (κ2) is 3.19. The molecule has 0 aromatic carbocycles. The van der Waals surface area contributed by atoms with E-state index in [1.165, 1.54) is 6.42 Å². The molecular weight excluding hydrogens is 190 g/mol. The molecule has 0 bridgehead atoms. The molecule has 84 valence electrons. The van der Waals surface area contributed by atoms with Crippen LogP contribution < -0.4 is 5.32 Å². The minimum absolute atomic E-state index is 0.0186. The van der Waals surface area contributed by atoms with E-state index in [1.54, 1.807) is 0 Å². The zero-order valence-corrected chi connectivity index (χ0v) is 9.33. The summed E-state index contributed by atoms with van der Waals surface area (Å²) in [6, 6.07) is 0.188. The van der Waals surface area contributed by atoms with Crippen LogP contribution in [0.15, 0.2) is 0 Å². The van der Waals surface area contributed by atoms with Crippen molar-refractivity contribution in [2.24, 2.45) is 0 Å². The molecule has 1 N–H and O–H groups in total. The monoisotopic (exact) mass is 209 g/mol. The first kappa shape index (κ1) is 9.60. The molecule has 1 atom stereocenters. The number of nitrogens with one attached hydrogen (secondary N) is 1. The number of piperidine rings is 1. The van der Waals surface area contributed by atoms with E-state index in [4.69, 9.17) is 0 Å². The van der Waals surface area contributed by atoms with Crippen molar-refractivity contribution in [3.63, 3.8) is 0 Å². The van der Waals surface area contributed by atoms with E-state index in [0.717, 1.165) is 38.9 Å². The maximum atomic E-state index is 11.8. The lowest BCUT2D eigenvalue weighted by Gasteiger charge is -2.43. The van der Waals surface area contributed by atoms with Crippen LogP contribution in [0.1, 0.15) is 25.7 Å². The summed E-state index contributed by atoms with van der Waals surface area (Å²) in [5, 5.41) is 3.25. The van der Waals surface area contributed by atoms with Crippen LogP contribution in [0.3, 0.4) is 0 Å². The number of carbonyl (C=O) groups excluding carboxylic acids is 1. The summed E-state index contributed by atoms with van der Waals surface area (Å²) in [5.41, 5.74) is 0.0186. The van der Waals surface area contributed by atoms with Crippen molar-refractivity contribution in [2.75, 3.05) is 26.7 Å². The summed E-state index contributed by atoms with van der Waals surface area (Å²) < 4.78 is 0. The third-order valence-corrected chi connectivity index (χ3v) is 4.28. The first-order valence-electron chi connectivity index (χ1n) is 5.99. The second-order valence-electron chi connectivity index (χ2n) is 5.18. The van der Waals surface area contributed by atoms with Crippen molar-refractivity contribution in [1.29, 1.82) is 0 Å². The Morgan fingerprint density at radius 1 is 1.33 bits per heavy atom. The summed E-state index contributed by atoms with van der Waals surface area (Å²) in [7, 11) is 2.16. The van der Waals surface area contributed by atoms with E-state index in [1.807, 2.05) is 0 Å². The van der Waals surface area contributed by atoms with Gasteiger partial charge in [0.05, 0.1) is 11.7 Å². The molecule has 0 aliphatic carbocycles. The highest BCUT2D eigenvalue weighted by Gasteiger charge is 2.53. The molecule has 0 unspecified atom stereocenters. The Bertz CT molecular complexity index is 284. The molecule has 3 aliphatic rings. The van der Waals surface area contributed by atoms with E-state index in [9.17, 15) is 4.79 Å². The number of hydrogen-bond acceptors (Lipinski definition) is 3. The van der Waals surface area contributed by atoms with Gasteiger partial charge < -0.3 is 10.2 Å². The van der Waals surface area contributed by atoms with Gasteiger partial charge in [-0.3, -0.25) is 9.69 Å². The van der Waals surface area contributed by atoms with Crippen molar-refractivity contribution in [3.8, 4) is 0 Å². The van der Waals surface area contributed by atoms with Gasteiger partial charge in [0, 0.05) is 19.6 Å². The summed E-state index contributed by atoms with van der Waals surface area (Å²) in [4.78, 5) is 16.6. The quantitative estimate of drug-likeness (QED) is 0.610. The average Bonchev–Trinajstić information content (AvgIpc) is 2.78. The first-order valence-corrected chi connectivity index (χ1v) is 5.99. The molecule has 0 aromatic rings. The van der Waals surface area contributed by atoms with Gasteiger partial charge in [0.25, 0.3) is 0 Å². The zero-order valence-electron chi connectivity index (χ0n) is 9.33. The molecule has 3 aliphatic heterocycles. The highest BCUT2D eigenvalue weighted by molar-refractivity contribution is 5.85. The van der Waals surface area contributed by atoms with Gasteiger partial charge in [-0.2, -0.15) is 0 Å². The van der Waals surface area contributed by atoms with E-state index in [2.05, 4.69) is 22.2 Å². The van der Waals surface area contributed by atoms with Gasteiger partial charge in [0.1, 0.15) is 0 Å². The van der Waals surface area contributed by atoms with Crippen molar-refractivity contribution < 1.29 is 4.79 Å². The molecule has 15 heavy (non-hydrogen) atoms. The van der Waals surface area contributed by atoms with E-state index < -0.39 is 0 Å². The number of nitrogens with zero attached hydrogens (tertiary/aromatic N) is 2. The third-order valence-electron chi connectivity index (χ3n) is 4.28. The van der Waals surface area contributed by atoms with Crippen molar-refractivity contribution in [2.45, 2.75) is 37.4 Å². The SMILES string of the molecule is CN1CCC2(CC1)NC(=O)[C@@H]1CCCN12. The first-order chi connectivity index (χ1) is 7.21. The second-order valence-corrected chi connectivity index (χ2v) is 5.18. The van der Waals surface area contributed by atoms with Crippen LogP contribution in [-0.4, -0.2) is 54.1 Å². The molecular formula is C11H19N3O. The Balaban J connectivity index is 1.83. The fraction of sp³-hybridized carbons (Fsp3) is 0.909. The van der Waals surface area contributed by atoms with Gasteiger partial charge in [-0.05, 0) is 32.7 Å². The van der Waals surface area contributed by atoms with Gasteiger partial charge in [-0.15, -0.1) is 0 Å². The maximum Gasteiger partial charge on any atom is 0.238 e. The summed E-state index contributed by atoms with van der Waals surface area (Å²) >= 11 is 0. The fourth-order valence-corrected chi connectivity index (χ4v) is 3.34. The number of carbonyl (C=O) groups is 1. The van der Waals surface area contributed by atoms with Crippen LogP contribution in [0, 0.1) is 0 Å². The highest BCUT2D eigenvalue weighted by atomic mass is 16.2. The summed E-state index contributed by atoms with van der Waals surface area (Å²) in [6.45, 7) is 3.31. The van der Waals surface area contributed by atoms with Gasteiger partial charge in [-0.25, -0.2) is 0 Å². The predicted molar refractivity (Wildman–Crippen MR) is 57.3 cm³/mol. The Kier molecular flexibility index (Phi) is 2.04. The molecule has 4 nitrogen and oxygen atoms in total. The minimum atomic E-state index is 0.0186. The van der Waals surface area contributed by atoms with Gasteiger partial charge in [-0.1, -0.05) is 0 Å². The lowest BCUT2D eigenvalue weighted by Crippen LogP contribution is -2.57. The van der Waals surface area contributed by atoms with Crippen molar-refractivity contribution in [3.05, 3.63) is 0 Å². The summed E-state index contributed by atoms with van der Waals surface area (Å²) in [6.07, 6.45) is 4.43. The molecule has 0 aromatic heterocycles. The lowest BCUT2D eigenvalue weighted by molar-refractivity contribution is -0.121. The highest BCUT2D eigenvalue weighted by Crippen LogP contribution is 2.37. The smallest absolute Gasteiger partial charge is 0.238 e.